The number of hydrogen-bond donors (Lipinski definition) is 2. The summed E-state index contributed by atoms with van der Waals surface area (Å²) in [5.41, 5.74) is 8.15. The van der Waals surface area contributed by atoms with Crippen molar-refractivity contribution < 1.29 is 5.11 Å². The predicted molar refractivity (Wildman–Crippen MR) is 78.1 cm³/mol. The summed E-state index contributed by atoms with van der Waals surface area (Å²) in [5.74, 6) is 0.316. The quantitative estimate of drug-likeness (QED) is 0.506. The molecule has 18 heavy (non-hydrogen) atoms. The summed E-state index contributed by atoms with van der Waals surface area (Å²) in [7, 11) is 0. The van der Waals surface area contributed by atoms with Gasteiger partial charge in [-0.15, -0.1) is 11.3 Å². The summed E-state index contributed by atoms with van der Waals surface area (Å²) in [5, 5.41) is 11.3. The molecule has 3 heteroatoms. The Morgan fingerprint density at radius 1 is 1.11 bits per heavy atom. The second-order valence-corrected chi connectivity index (χ2v) is 5.47. The van der Waals surface area contributed by atoms with Crippen molar-refractivity contribution in [1.82, 2.24) is 0 Å². The summed E-state index contributed by atoms with van der Waals surface area (Å²) in [6, 6.07) is 13.9. The standard InChI is InChI=1S/C15H13NOS/c1-9-6-11(16)8-12(15(9)17)14-7-10-4-2-3-5-13(10)18-14/h2-8,17H,16H2,1H3. The molecular weight excluding hydrogens is 242 g/mol. The van der Waals surface area contributed by atoms with Crippen LogP contribution in [-0.2, 0) is 0 Å². The van der Waals surface area contributed by atoms with Gasteiger partial charge in [0.25, 0.3) is 0 Å². The van der Waals surface area contributed by atoms with Gasteiger partial charge in [0.2, 0.25) is 0 Å². The van der Waals surface area contributed by atoms with Crippen LogP contribution in [0.2, 0.25) is 0 Å². The molecule has 3 rings (SSSR count). The van der Waals surface area contributed by atoms with Crippen LogP contribution in [0.15, 0.2) is 42.5 Å². The van der Waals surface area contributed by atoms with Crippen LogP contribution in [0.4, 0.5) is 5.69 Å². The first kappa shape index (κ1) is 11.1. The summed E-state index contributed by atoms with van der Waals surface area (Å²) in [6.45, 7) is 1.86. The van der Waals surface area contributed by atoms with Gasteiger partial charge in [-0.1, -0.05) is 18.2 Å². The van der Waals surface area contributed by atoms with E-state index in [1.54, 1.807) is 17.4 Å². The molecule has 0 bridgehead atoms. The molecule has 1 heterocycles. The second-order valence-electron chi connectivity index (χ2n) is 4.38. The lowest BCUT2D eigenvalue weighted by atomic mass is 10.1. The maximum absolute atomic E-state index is 10.2. The number of thiophene rings is 1. The Morgan fingerprint density at radius 2 is 1.89 bits per heavy atom. The molecule has 0 atom stereocenters. The zero-order valence-corrected chi connectivity index (χ0v) is 10.8. The van der Waals surface area contributed by atoms with Crippen molar-refractivity contribution >= 4 is 27.1 Å². The van der Waals surface area contributed by atoms with Crippen LogP contribution < -0.4 is 5.73 Å². The first-order valence-electron chi connectivity index (χ1n) is 5.73. The fraction of sp³-hybridized carbons (Fsp3) is 0.0667. The van der Waals surface area contributed by atoms with Crippen molar-refractivity contribution in [3.63, 3.8) is 0 Å². The molecule has 3 N–H and O–H groups in total. The van der Waals surface area contributed by atoms with Crippen LogP contribution in [0.5, 0.6) is 5.75 Å². The van der Waals surface area contributed by atoms with E-state index in [-0.39, 0.29) is 0 Å². The number of aromatic hydroxyl groups is 1. The van der Waals surface area contributed by atoms with Gasteiger partial charge >= 0.3 is 0 Å². The van der Waals surface area contributed by atoms with Crippen molar-refractivity contribution in [2.24, 2.45) is 0 Å². The molecule has 0 saturated carbocycles. The predicted octanol–water partition coefficient (Wildman–Crippen LogP) is 4.16. The first-order valence-corrected chi connectivity index (χ1v) is 6.55. The van der Waals surface area contributed by atoms with E-state index < -0.39 is 0 Å². The Labute approximate surface area is 109 Å². The van der Waals surface area contributed by atoms with Gasteiger partial charge in [0.15, 0.2) is 0 Å². The van der Waals surface area contributed by atoms with E-state index in [2.05, 4.69) is 18.2 Å². The van der Waals surface area contributed by atoms with Gasteiger partial charge in [-0.2, -0.15) is 0 Å². The smallest absolute Gasteiger partial charge is 0.127 e. The summed E-state index contributed by atoms with van der Waals surface area (Å²) < 4.78 is 1.21. The lowest BCUT2D eigenvalue weighted by Gasteiger charge is -2.06. The third-order valence-corrected chi connectivity index (χ3v) is 4.16. The highest BCUT2D eigenvalue weighted by molar-refractivity contribution is 7.22. The van der Waals surface area contributed by atoms with E-state index in [4.69, 9.17) is 5.73 Å². The van der Waals surface area contributed by atoms with E-state index in [0.717, 1.165) is 16.0 Å². The van der Waals surface area contributed by atoms with Gasteiger partial charge in [-0.3, -0.25) is 0 Å². The average Bonchev–Trinajstić information content (AvgIpc) is 2.77. The largest absolute Gasteiger partial charge is 0.507 e. The molecule has 0 unspecified atom stereocenters. The monoisotopic (exact) mass is 255 g/mol. The number of hydrogen-bond acceptors (Lipinski definition) is 3. The number of benzene rings is 2. The van der Waals surface area contributed by atoms with Crippen molar-refractivity contribution in [2.45, 2.75) is 6.92 Å². The number of phenols is 1. The van der Waals surface area contributed by atoms with Crippen molar-refractivity contribution in [2.75, 3.05) is 5.73 Å². The number of anilines is 1. The highest BCUT2D eigenvalue weighted by Crippen LogP contribution is 2.40. The topological polar surface area (TPSA) is 46.2 Å². The van der Waals surface area contributed by atoms with E-state index in [0.29, 0.717) is 11.4 Å². The van der Waals surface area contributed by atoms with E-state index in [1.807, 2.05) is 25.1 Å². The zero-order chi connectivity index (χ0) is 12.7. The van der Waals surface area contributed by atoms with Crippen molar-refractivity contribution in [1.29, 1.82) is 0 Å². The number of aryl methyl sites for hydroxylation is 1. The maximum atomic E-state index is 10.2. The summed E-state index contributed by atoms with van der Waals surface area (Å²) >= 11 is 1.67. The molecular formula is C15H13NOS. The van der Waals surface area contributed by atoms with Crippen LogP contribution in [0, 0.1) is 6.92 Å². The fourth-order valence-corrected chi connectivity index (χ4v) is 3.19. The maximum Gasteiger partial charge on any atom is 0.127 e. The second kappa shape index (κ2) is 4.03. The van der Waals surface area contributed by atoms with E-state index in [9.17, 15) is 5.11 Å². The highest BCUT2D eigenvalue weighted by atomic mass is 32.1. The van der Waals surface area contributed by atoms with Crippen LogP contribution in [0.25, 0.3) is 20.5 Å². The third kappa shape index (κ3) is 1.73. The van der Waals surface area contributed by atoms with E-state index in [1.165, 1.54) is 10.1 Å². The van der Waals surface area contributed by atoms with Gasteiger partial charge in [0.05, 0.1) is 0 Å². The minimum Gasteiger partial charge on any atom is -0.507 e. The Bertz CT molecular complexity index is 697. The first-order chi connectivity index (χ1) is 8.65. The van der Waals surface area contributed by atoms with E-state index >= 15 is 0 Å². The van der Waals surface area contributed by atoms with Gasteiger partial charge < -0.3 is 10.8 Å². The molecule has 0 radical (unpaired) electrons. The number of fused-ring (bicyclic) bond motifs is 1. The Morgan fingerprint density at radius 3 is 2.67 bits per heavy atom. The van der Waals surface area contributed by atoms with Crippen LogP contribution in [0.3, 0.4) is 0 Å². The molecule has 2 aromatic carbocycles. The zero-order valence-electron chi connectivity index (χ0n) is 9.97. The van der Waals surface area contributed by atoms with Crippen LogP contribution in [0.1, 0.15) is 5.56 Å². The molecule has 0 amide bonds. The molecule has 0 spiro atoms. The summed E-state index contributed by atoms with van der Waals surface area (Å²) in [6.07, 6.45) is 0. The molecule has 1 aromatic heterocycles. The molecule has 2 nitrogen and oxygen atoms in total. The Kier molecular flexibility index (Phi) is 2.49. The Balaban J connectivity index is 2.26. The average molecular weight is 255 g/mol. The normalized spacial score (nSPS) is 10.9. The summed E-state index contributed by atoms with van der Waals surface area (Å²) in [4.78, 5) is 1.05. The number of nitrogens with two attached hydrogens (primary N) is 1. The molecule has 0 aliphatic heterocycles. The molecule has 90 valence electrons. The van der Waals surface area contributed by atoms with Crippen molar-refractivity contribution in [3.05, 3.63) is 48.0 Å². The minimum atomic E-state index is 0.316. The fourth-order valence-electron chi connectivity index (χ4n) is 2.11. The number of nitrogen functional groups attached to an aromatic ring is 1. The molecule has 0 aliphatic rings. The SMILES string of the molecule is Cc1cc(N)cc(-c2cc3ccccc3s2)c1O. The van der Waals surface area contributed by atoms with Crippen LogP contribution in [-0.4, -0.2) is 5.11 Å². The van der Waals surface area contributed by atoms with Gasteiger partial charge in [-0.25, -0.2) is 0 Å². The minimum absolute atomic E-state index is 0.316. The number of phenolic OH excluding ortho intramolecular Hbond substituents is 1. The molecule has 0 saturated heterocycles. The van der Waals surface area contributed by atoms with Crippen LogP contribution >= 0.6 is 11.3 Å². The molecule has 0 fully saturated rings. The van der Waals surface area contributed by atoms with Gasteiger partial charge in [0, 0.05) is 20.8 Å². The number of rotatable bonds is 1. The van der Waals surface area contributed by atoms with Gasteiger partial charge in [-0.05, 0) is 42.1 Å². The molecule has 0 aliphatic carbocycles. The lowest BCUT2D eigenvalue weighted by Crippen LogP contribution is -1.88. The highest BCUT2D eigenvalue weighted by Gasteiger charge is 2.11. The molecule has 3 aromatic rings. The Hall–Kier alpha value is -2.00. The van der Waals surface area contributed by atoms with Gasteiger partial charge in [0.1, 0.15) is 5.75 Å². The third-order valence-electron chi connectivity index (χ3n) is 3.01. The lowest BCUT2D eigenvalue weighted by molar-refractivity contribution is 0.473. The van der Waals surface area contributed by atoms with Crippen molar-refractivity contribution in [3.8, 4) is 16.2 Å².